The highest BCUT2D eigenvalue weighted by atomic mass is 35.5. The third kappa shape index (κ3) is 5.21. The molecule has 0 radical (unpaired) electrons. The molecule has 0 aromatic heterocycles. The maximum absolute atomic E-state index is 12.2. The minimum absolute atomic E-state index is 0. The summed E-state index contributed by atoms with van der Waals surface area (Å²) >= 11 is 0. The van der Waals surface area contributed by atoms with Crippen LogP contribution in [0, 0.1) is 5.92 Å². The normalized spacial score (nSPS) is 17.7. The van der Waals surface area contributed by atoms with Crippen LogP contribution in [-0.4, -0.2) is 36.5 Å². The summed E-state index contributed by atoms with van der Waals surface area (Å²) in [6.07, 6.45) is 1.93. The van der Waals surface area contributed by atoms with E-state index in [0.29, 0.717) is 24.6 Å². The molecule has 0 aliphatic carbocycles. The summed E-state index contributed by atoms with van der Waals surface area (Å²) in [5, 5.41) is 0. The summed E-state index contributed by atoms with van der Waals surface area (Å²) in [6.45, 7) is 6.47. The van der Waals surface area contributed by atoms with Gasteiger partial charge in [-0.2, -0.15) is 0 Å². The molecule has 1 aromatic carbocycles. The van der Waals surface area contributed by atoms with Crippen molar-refractivity contribution >= 4 is 18.3 Å². The predicted molar refractivity (Wildman–Crippen MR) is 87.1 cm³/mol. The van der Waals surface area contributed by atoms with Crippen LogP contribution in [0.15, 0.2) is 24.3 Å². The molecule has 2 N–H and O–H groups in total. The lowest BCUT2D eigenvalue weighted by molar-refractivity contribution is 0.0791. The Bertz CT molecular complexity index is 448. The fraction of sp³-hybridized carbons (Fsp3) is 0.562. The Kier molecular flexibility index (Phi) is 6.99. The zero-order valence-electron chi connectivity index (χ0n) is 12.7. The van der Waals surface area contributed by atoms with Crippen LogP contribution >= 0.6 is 12.4 Å². The smallest absolute Gasteiger partial charge is 0.253 e. The number of rotatable bonds is 5. The number of carbonyl (C=O) groups is 1. The molecular weight excluding hydrogens is 288 g/mol. The summed E-state index contributed by atoms with van der Waals surface area (Å²) in [5.74, 6) is 1.52. The van der Waals surface area contributed by atoms with Crippen molar-refractivity contribution in [2.45, 2.75) is 32.7 Å². The van der Waals surface area contributed by atoms with Gasteiger partial charge in [0.15, 0.2) is 0 Å². The molecule has 1 atom stereocenters. The first kappa shape index (κ1) is 17.8. The van der Waals surface area contributed by atoms with E-state index in [1.807, 2.05) is 29.2 Å². The molecule has 1 aromatic rings. The quantitative estimate of drug-likeness (QED) is 0.909. The van der Waals surface area contributed by atoms with Crippen molar-refractivity contribution in [3.8, 4) is 5.75 Å². The zero-order chi connectivity index (χ0) is 14.5. The molecular formula is C16H25ClN2O2. The largest absolute Gasteiger partial charge is 0.494 e. The van der Waals surface area contributed by atoms with Gasteiger partial charge in [0.25, 0.3) is 5.91 Å². The van der Waals surface area contributed by atoms with Crippen LogP contribution in [0.2, 0.25) is 0 Å². The highest BCUT2D eigenvalue weighted by Crippen LogP contribution is 2.17. The molecule has 0 bridgehead atoms. The Hall–Kier alpha value is -1.26. The van der Waals surface area contributed by atoms with Gasteiger partial charge in [-0.05, 0) is 43.0 Å². The number of halogens is 1. The molecule has 2 rings (SSSR count). The number of nitrogens with zero attached hydrogens (tertiary/aromatic N) is 1. The third-order valence-electron chi connectivity index (χ3n) is 3.58. The molecule has 1 amide bonds. The van der Waals surface area contributed by atoms with E-state index in [9.17, 15) is 4.79 Å². The predicted octanol–water partition coefficient (Wildman–Crippen LogP) is 2.71. The maximum Gasteiger partial charge on any atom is 0.253 e. The minimum Gasteiger partial charge on any atom is -0.494 e. The topological polar surface area (TPSA) is 55.6 Å². The average Bonchev–Trinajstić information content (AvgIpc) is 2.85. The SMILES string of the molecule is CC(C)CCOc1ccc(C(=O)N2CC[C@@H](N)C2)cc1.Cl. The van der Waals surface area contributed by atoms with E-state index in [1.54, 1.807) is 0 Å². The highest BCUT2D eigenvalue weighted by molar-refractivity contribution is 5.94. The second-order valence-electron chi connectivity index (χ2n) is 5.86. The van der Waals surface area contributed by atoms with Gasteiger partial charge in [0.1, 0.15) is 5.75 Å². The third-order valence-corrected chi connectivity index (χ3v) is 3.58. The zero-order valence-corrected chi connectivity index (χ0v) is 13.6. The fourth-order valence-electron chi connectivity index (χ4n) is 2.26. The monoisotopic (exact) mass is 312 g/mol. The van der Waals surface area contributed by atoms with Gasteiger partial charge in [0.2, 0.25) is 0 Å². The molecule has 4 nitrogen and oxygen atoms in total. The van der Waals surface area contributed by atoms with E-state index < -0.39 is 0 Å². The number of ether oxygens (including phenoxy) is 1. The molecule has 0 unspecified atom stereocenters. The second kappa shape index (κ2) is 8.25. The summed E-state index contributed by atoms with van der Waals surface area (Å²) in [5.41, 5.74) is 6.53. The van der Waals surface area contributed by atoms with E-state index in [4.69, 9.17) is 10.5 Å². The van der Waals surface area contributed by atoms with Crippen LogP contribution in [0.5, 0.6) is 5.75 Å². The summed E-state index contributed by atoms with van der Waals surface area (Å²) in [6, 6.07) is 7.51. The van der Waals surface area contributed by atoms with E-state index in [1.165, 1.54) is 0 Å². The van der Waals surface area contributed by atoms with E-state index in [2.05, 4.69) is 13.8 Å². The van der Waals surface area contributed by atoms with E-state index in [-0.39, 0.29) is 24.4 Å². The standard InChI is InChI=1S/C16H24N2O2.ClH/c1-12(2)8-10-20-15-5-3-13(4-6-15)16(19)18-9-7-14(17)11-18;/h3-6,12,14H,7-11,17H2,1-2H3;1H/t14-;/m1./s1. The van der Waals surface area contributed by atoms with Crippen LogP contribution in [0.1, 0.15) is 37.0 Å². The van der Waals surface area contributed by atoms with Gasteiger partial charge in [-0.25, -0.2) is 0 Å². The van der Waals surface area contributed by atoms with Crippen LogP contribution < -0.4 is 10.5 Å². The molecule has 21 heavy (non-hydrogen) atoms. The van der Waals surface area contributed by atoms with Crippen molar-refractivity contribution in [1.82, 2.24) is 4.90 Å². The number of likely N-dealkylation sites (tertiary alicyclic amines) is 1. The van der Waals surface area contributed by atoms with Gasteiger partial charge in [0, 0.05) is 24.7 Å². The second-order valence-corrected chi connectivity index (χ2v) is 5.86. The highest BCUT2D eigenvalue weighted by Gasteiger charge is 2.24. The van der Waals surface area contributed by atoms with Crippen LogP contribution in [0.3, 0.4) is 0 Å². The van der Waals surface area contributed by atoms with Crippen LogP contribution in [0.4, 0.5) is 0 Å². The van der Waals surface area contributed by atoms with Crippen molar-refractivity contribution in [3.05, 3.63) is 29.8 Å². The van der Waals surface area contributed by atoms with Gasteiger partial charge in [-0.15, -0.1) is 12.4 Å². The molecule has 5 heteroatoms. The van der Waals surface area contributed by atoms with Crippen LogP contribution in [-0.2, 0) is 0 Å². The van der Waals surface area contributed by atoms with Crippen molar-refractivity contribution in [3.63, 3.8) is 0 Å². The maximum atomic E-state index is 12.2. The van der Waals surface area contributed by atoms with E-state index in [0.717, 1.165) is 25.1 Å². The Morgan fingerprint density at radius 2 is 2.05 bits per heavy atom. The van der Waals surface area contributed by atoms with E-state index >= 15 is 0 Å². The molecule has 0 saturated carbocycles. The van der Waals surface area contributed by atoms with Crippen molar-refractivity contribution in [2.24, 2.45) is 11.7 Å². The molecule has 1 aliphatic heterocycles. The molecule has 0 spiro atoms. The molecule has 1 fully saturated rings. The molecule has 1 saturated heterocycles. The molecule has 118 valence electrons. The van der Waals surface area contributed by atoms with Crippen molar-refractivity contribution < 1.29 is 9.53 Å². The van der Waals surface area contributed by atoms with Gasteiger partial charge in [0.05, 0.1) is 6.61 Å². The van der Waals surface area contributed by atoms with Crippen molar-refractivity contribution in [2.75, 3.05) is 19.7 Å². The minimum atomic E-state index is 0. The lowest BCUT2D eigenvalue weighted by Gasteiger charge is -2.16. The summed E-state index contributed by atoms with van der Waals surface area (Å²) < 4.78 is 5.65. The van der Waals surface area contributed by atoms with Gasteiger partial charge in [-0.3, -0.25) is 4.79 Å². The van der Waals surface area contributed by atoms with Gasteiger partial charge < -0.3 is 15.4 Å². The first-order valence-corrected chi connectivity index (χ1v) is 7.34. The Labute approximate surface area is 133 Å². The number of carbonyl (C=O) groups excluding carboxylic acids is 1. The van der Waals surface area contributed by atoms with Gasteiger partial charge >= 0.3 is 0 Å². The average molecular weight is 313 g/mol. The molecule has 1 aliphatic rings. The lowest BCUT2D eigenvalue weighted by atomic mass is 10.1. The summed E-state index contributed by atoms with van der Waals surface area (Å²) in [7, 11) is 0. The first-order valence-electron chi connectivity index (χ1n) is 7.34. The Morgan fingerprint density at radius 3 is 2.57 bits per heavy atom. The van der Waals surface area contributed by atoms with Crippen LogP contribution in [0.25, 0.3) is 0 Å². The first-order chi connectivity index (χ1) is 9.56. The number of amides is 1. The number of benzene rings is 1. The Morgan fingerprint density at radius 1 is 1.38 bits per heavy atom. The van der Waals surface area contributed by atoms with Gasteiger partial charge in [-0.1, -0.05) is 13.8 Å². The summed E-state index contributed by atoms with van der Waals surface area (Å²) in [4.78, 5) is 14.1. The molecule has 1 heterocycles. The van der Waals surface area contributed by atoms with Crippen molar-refractivity contribution in [1.29, 1.82) is 0 Å². The fourth-order valence-corrected chi connectivity index (χ4v) is 2.26. The number of hydrogen-bond donors (Lipinski definition) is 1. The Balaban J connectivity index is 0.00000220. The number of hydrogen-bond acceptors (Lipinski definition) is 3. The number of nitrogens with two attached hydrogens (primary N) is 1. The lowest BCUT2D eigenvalue weighted by Crippen LogP contribution is -2.31.